The molecule has 170 valence electrons. The van der Waals surface area contributed by atoms with Gasteiger partial charge in [0, 0.05) is 23.5 Å². The molecule has 0 unspecified atom stereocenters. The zero-order valence-electron chi connectivity index (χ0n) is 18.9. The molecule has 1 N–H and O–H groups in total. The minimum absolute atomic E-state index is 0.140. The standard InChI is InChI=1S/C25H22N6O3/c1-14-4-6-17(7-5-14)20-13-26-29-25(27-20)31-23-22(15(2)30-31)19(12-21(32)28-23)16-8-10-18(11-9-16)24(33)34-3/h4-11,13,19H,12H2,1-3H3,(H,28,32)/t19-/m0/s1. The van der Waals surface area contributed by atoms with Gasteiger partial charge in [0.05, 0.1) is 30.3 Å². The molecule has 0 radical (unpaired) electrons. The number of nitrogens with zero attached hydrogens (tertiary/aromatic N) is 5. The third-order valence-corrected chi connectivity index (χ3v) is 5.92. The van der Waals surface area contributed by atoms with E-state index in [2.05, 4.69) is 25.6 Å². The highest BCUT2D eigenvalue weighted by Gasteiger charge is 2.33. The van der Waals surface area contributed by atoms with Gasteiger partial charge >= 0.3 is 5.97 Å². The fourth-order valence-corrected chi connectivity index (χ4v) is 4.19. The van der Waals surface area contributed by atoms with Crippen molar-refractivity contribution in [1.29, 1.82) is 0 Å². The number of benzene rings is 2. The Labute approximate surface area is 195 Å². The molecule has 2 aromatic carbocycles. The summed E-state index contributed by atoms with van der Waals surface area (Å²) in [5.41, 5.74) is 5.70. The Morgan fingerprint density at radius 3 is 2.53 bits per heavy atom. The zero-order chi connectivity index (χ0) is 23.8. The molecular formula is C25H22N6O3. The van der Waals surface area contributed by atoms with Gasteiger partial charge < -0.3 is 10.1 Å². The van der Waals surface area contributed by atoms with E-state index in [1.807, 2.05) is 50.2 Å². The quantitative estimate of drug-likeness (QED) is 0.469. The lowest BCUT2D eigenvalue weighted by atomic mass is 9.85. The number of ether oxygens (including phenoxy) is 1. The molecule has 9 nitrogen and oxygen atoms in total. The number of rotatable bonds is 4. The number of methoxy groups -OCH3 is 1. The maximum atomic E-state index is 12.7. The van der Waals surface area contributed by atoms with E-state index in [1.54, 1.807) is 18.3 Å². The van der Waals surface area contributed by atoms with Crippen molar-refractivity contribution >= 4 is 17.7 Å². The van der Waals surface area contributed by atoms with Gasteiger partial charge in [-0.05, 0) is 31.5 Å². The van der Waals surface area contributed by atoms with Crippen molar-refractivity contribution < 1.29 is 14.3 Å². The molecule has 34 heavy (non-hydrogen) atoms. The fourth-order valence-electron chi connectivity index (χ4n) is 4.19. The Kier molecular flexibility index (Phi) is 5.37. The van der Waals surface area contributed by atoms with Crippen LogP contribution in [0.2, 0.25) is 0 Å². The minimum atomic E-state index is -0.407. The third kappa shape index (κ3) is 3.81. The summed E-state index contributed by atoms with van der Waals surface area (Å²) in [6, 6.07) is 15.0. The monoisotopic (exact) mass is 454 g/mol. The number of hydrogen-bond acceptors (Lipinski definition) is 7. The first-order valence-electron chi connectivity index (χ1n) is 10.8. The van der Waals surface area contributed by atoms with Crippen molar-refractivity contribution in [2.45, 2.75) is 26.2 Å². The highest BCUT2D eigenvalue weighted by Crippen LogP contribution is 2.40. The molecule has 5 rings (SSSR count). The highest BCUT2D eigenvalue weighted by molar-refractivity contribution is 5.95. The van der Waals surface area contributed by atoms with Crippen molar-refractivity contribution in [3.63, 3.8) is 0 Å². The van der Waals surface area contributed by atoms with Gasteiger partial charge in [-0.2, -0.15) is 14.9 Å². The Hall–Kier alpha value is -4.40. The van der Waals surface area contributed by atoms with E-state index in [4.69, 9.17) is 4.74 Å². The van der Waals surface area contributed by atoms with Crippen LogP contribution in [0.1, 0.15) is 45.1 Å². The second kappa shape index (κ2) is 8.51. The van der Waals surface area contributed by atoms with Crippen LogP contribution in [0.25, 0.3) is 17.2 Å². The van der Waals surface area contributed by atoms with E-state index in [1.165, 1.54) is 11.8 Å². The summed E-state index contributed by atoms with van der Waals surface area (Å²) in [7, 11) is 1.34. The summed E-state index contributed by atoms with van der Waals surface area (Å²) in [5, 5.41) is 15.9. The van der Waals surface area contributed by atoms with Gasteiger partial charge in [0.25, 0.3) is 5.95 Å². The smallest absolute Gasteiger partial charge is 0.337 e. The summed E-state index contributed by atoms with van der Waals surface area (Å²) >= 11 is 0. The van der Waals surface area contributed by atoms with Crippen LogP contribution in [-0.2, 0) is 9.53 Å². The Balaban J connectivity index is 1.56. The fraction of sp³-hybridized carbons (Fsp3) is 0.200. The van der Waals surface area contributed by atoms with Crippen molar-refractivity contribution in [3.8, 4) is 17.2 Å². The molecule has 9 heteroatoms. The average Bonchev–Trinajstić information content (AvgIpc) is 3.19. The zero-order valence-corrected chi connectivity index (χ0v) is 18.9. The maximum Gasteiger partial charge on any atom is 0.337 e. The molecule has 0 bridgehead atoms. The Morgan fingerprint density at radius 2 is 1.82 bits per heavy atom. The van der Waals surface area contributed by atoms with Crippen LogP contribution >= 0.6 is 0 Å². The van der Waals surface area contributed by atoms with Crippen LogP contribution in [0, 0.1) is 13.8 Å². The number of esters is 1. The molecule has 4 aromatic rings. The Bertz CT molecular complexity index is 1390. The van der Waals surface area contributed by atoms with Gasteiger partial charge in [-0.3, -0.25) is 4.79 Å². The number of anilines is 1. The van der Waals surface area contributed by atoms with E-state index in [0.29, 0.717) is 17.1 Å². The summed E-state index contributed by atoms with van der Waals surface area (Å²) in [6.45, 7) is 3.91. The molecule has 0 fully saturated rings. The van der Waals surface area contributed by atoms with E-state index < -0.39 is 5.97 Å². The number of aryl methyl sites for hydroxylation is 2. The normalized spacial score (nSPS) is 14.9. The lowest BCUT2D eigenvalue weighted by Gasteiger charge is -2.24. The molecule has 1 amide bonds. The van der Waals surface area contributed by atoms with E-state index in [0.717, 1.165) is 27.9 Å². The van der Waals surface area contributed by atoms with Crippen LogP contribution in [-0.4, -0.2) is 43.9 Å². The SMILES string of the molecule is COC(=O)c1ccc([C@@H]2CC(=O)Nc3c2c(C)nn3-c2nncc(-c3ccc(C)cc3)n2)cc1. The highest BCUT2D eigenvalue weighted by atomic mass is 16.5. The number of nitrogens with one attached hydrogen (secondary N) is 1. The summed E-state index contributed by atoms with van der Waals surface area (Å²) in [6.07, 6.45) is 1.86. The van der Waals surface area contributed by atoms with Crippen molar-refractivity contribution in [2.75, 3.05) is 12.4 Å². The van der Waals surface area contributed by atoms with Gasteiger partial charge in [0.2, 0.25) is 5.91 Å². The minimum Gasteiger partial charge on any atom is -0.465 e. The van der Waals surface area contributed by atoms with E-state index in [9.17, 15) is 9.59 Å². The van der Waals surface area contributed by atoms with Crippen LogP contribution < -0.4 is 5.32 Å². The molecule has 1 atom stereocenters. The molecule has 0 saturated carbocycles. The molecule has 1 aliphatic rings. The predicted octanol–water partition coefficient (Wildman–Crippen LogP) is 3.60. The van der Waals surface area contributed by atoms with Gasteiger partial charge in [0.15, 0.2) is 0 Å². The van der Waals surface area contributed by atoms with Gasteiger partial charge in [-0.25, -0.2) is 9.78 Å². The molecular weight excluding hydrogens is 432 g/mol. The van der Waals surface area contributed by atoms with E-state index in [-0.39, 0.29) is 24.2 Å². The molecule has 2 aromatic heterocycles. The molecule has 0 saturated heterocycles. The number of hydrogen-bond donors (Lipinski definition) is 1. The summed E-state index contributed by atoms with van der Waals surface area (Å²) < 4.78 is 6.31. The predicted molar refractivity (Wildman–Crippen MR) is 125 cm³/mol. The third-order valence-electron chi connectivity index (χ3n) is 5.92. The van der Waals surface area contributed by atoms with Crippen LogP contribution in [0.4, 0.5) is 5.82 Å². The average molecular weight is 454 g/mol. The lowest BCUT2D eigenvalue weighted by Crippen LogP contribution is -2.25. The van der Waals surface area contributed by atoms with Gasteiger partial charge in [-0.1, -0.05) is 42.0 Å². The molecule has 3 heterocycles. The number of aromatic nitrogens is 5. The largest absolute Gasteiger partial charge is 0.465 e. The summed E-state index contributed by atoms with van der Waals surface area (Å²) in [4.78, 5) is 29.1. The lowest BCUT2D eigenvalue weighted by molar-refractivity contribution is -0.116. The van der Waals surface area contributed by atoms with Crippen molar-refractivity contribution in [2.24, 2.45) is 0 Å². The van der Waals surface area contributed by atoms with Crippen LogP contribution in [0.5, 0.6) is 0 Å². The number of amides is 1. The molecule has 1 aliphatic heterocycles. The maximum absolute atomic E-state index is 12.7. The number of fused-ring (bicyclic) bond motifs is 1. The topological polar surface area (TPSA) is 112 Å². The second-order valence-corrected chi connectivity index (χ2v) is 8.19. The Morgan fingerprint density at radius 1 is 1.09 bits per heavy atom. The van der Waals surface area contributed by atoms with Crippen LogP contribution in [0.3, 0.4) is 0 Å². The molecule has 0 aliphatic carbocycles. The number of carbonyl (C=O) groups excluding carboxylic acids is 2. The van der Waals surface area contributed by atoms with Crippen molar-refractivity contribution in [3.05, 3.63) is 82.7 Å². The van der Waals surface area contributed by atoms with E-state index >= 15 is 0 Å². The summed E-state index contributed by atoms with van der Waals surface area (Å²) in [5.74, 6) is 0.0228. The first kappa shape index (κ1) is 21.4. The van der Waals surface area contributed by atoms with Crippen LogP contribution in [0.15, 0.2) is 54.7 Å². The second-order valence-electron chi connectivity index (χ2n) is 8.19. The van der Waals surface area contributed by atoms with Gasteiger partial charge in [-0.15, -0.1) is 5.10 Å². The first-order valence-corrected chi connectivity index (χ1v) is 10.8. The van der Waals surface area contributed by atoms with Crippen molar-refractivity contribution in [1.82, 2.24) is 25.0 Å². The number of carbonyl (C=O) groups is 2. The first-order chi connectivity index (χ1) is 16.4. The van der Waals surface area contributed by atoms with Gasteiger partial charge in [0.1, 0.15) is 5.82 Å². The molecule has 0 spiro atoms.